The summed E-state index contributed by atoms with van der Waals surface area (Å²) < 4.78 is 5.39. The number of hydrogen-bond donors (Lipinski definition) is 2. The van der Waals surface area contributed by atoms with E-state index in [0.717, 1.165) is 17.7 Å². The van der Waals surface area contributed by atoms with Crippen LogP contribution in [0.3, 0.4) is 0 Å². The smallest absolute Gasteiger partial charge is 0.230 e. The molecular formula is C13H18N2O2. The van der Waals surface area contributed by atoms with Gasteiger partial charge in [0, 0.05) is 18.0 Å². The third-order valence-corrected chi connectivity index (χ3v) is 3.22. The average molecular weight is 234 g/mol. The quantitative estimate of drug-likeness (QED) is 0.769. The molecule has 4 heteroatoms. The largest absolute Gasteiger partial charge is 0.399 e. The fourth-order valence-electron chi connectivity index (χ4n) is 2.13. The molecule has 1 aliphatic heterocycles. The Hall–Kier alpha value is -1.55. The molecule has 1 aromatic carbocycles. The second-order valence-electron chi connectivity index (χ2n) is 4.53. The van der Waals surface area contributed by atoms with Gasteiger partial charge in [0.2, 0.25) is 5.91 Å². The van der Waals surface area contributed by atoms with E-state index in [1.165, 1.54) is 0 Å². The highest BCUT2D eigenvalue weighted by Gasteiger charge is 2.30. The van der Waals surface area contributed by atoms with Crippen molar-refractivity contribution in [3.8, 4) is 0 Å². The Balaban J connectivity index is 2.07. The fourth-order valence-corrected chi connectivity index (χ4v) is 2.13. The molecule has 2 rings (SSSR count). The lowest BCUT2D eigenvalue weighted by Crippen LogP contribution is -2.28. The maximum absolute atomic E-state index is 12.0. The van der Waals surface area contributed by atoms with E-state index in [-0.39, 0.29) is 17.9 Å². The number of aryl methyl sites for hydroxylation is 1. The highest BCUT2D eigenvalue weighted by molar-refractivity contribution is 5.94. The Kier molecular flexibility index (Phi) is 3.33. The number of nitrogens with two attached hydrogens (primary N) is 1. The summed E-state index contributed by atoms with van der Waals surface area (Å²) >= 11 is 0. The predicted molar refractivity (Wildman–Crippen MR) is 67.7 cm³/mol. The van der Waals surface area contributed by atoms with Crippen LogP contribution in [0.5, 0.6) is 0 Å². The van der Waals surface area contributed by atoms with Gasteiger partial charge in [-0.2, -0.15) is 0 Å². The van der Waals surface area contributed by atoms with Crippen LogP contribution in [-0.2, 0) is 9.53 Å². The summed E-state index contributed by atoms with van der Waals surface area (Å²) in [5.41, 5.74) is 8.18. The number of carbonyl (C=O) groups excluding carboxylic acids is 1. The molecule has 0 spiro atoms. The number of ether oxygens (including phenoxy) is 1. The first-order valence-corrected chi connectivity index (χ1v) is 5.86. The Morgan fingerprint density at radius 1 is 1.53 bits per heavy atom. The first-order chi connectivity index (χ1) is 8.08. The van der Waals surface area contributed by atoms with Crippen molar-refractivity contribution in [2.45, 2.75) is 26.4 Å². The van der Waals surface area contributed by atoms with Gasteiger partial charge in [0.05, 0.1) is 12.0 Å². The molecule has 3 N–H and O–H groups in total. The molecule has 1 amide bonds. The zero-order valence-electron chi connectivity index (χ0n) is 10.2. The molecule has 0 bridgehead atoms. The molecule has 1 fully saturated rings. The van der Waals surface area contributed by atoms with Gasteiger partial charge in [0.15, 0.2) is 0 Å². The zero-order valence-corrected chi connectivity index (χ0v) is 10.2. The van der Waals surface area contributed by atoms with Crippen molar-refractivity contribution in [2.75, 3.05) is 17.7 Å². The second-order valence-corrected chi connectivity index (χ2v) is 4.53. The maximum Gasteiger partial charge on any atom is 0.230 e. The van der Waals surface area contributed by atoms with E-state index in [1.807, 2.05) is 26.0 Å². The number of hydrogen-bond acceptors (Lipinski definition) is 3. The molecule has 1 heterocycles. The molecule has 0 radical (unpaired) electrons. The summed E-state index contributed by atoms with van der Waals surface area (Å²) in [4.78, 5) is 12.0. The van der Waals surface area contributed by atoms with Gasteiger partial charge in [0.25, 0.3) is 0 Å². The molecule has 1 aromatic rings. The van der Waals surface area contributed by atoms with E-state index in [0.29, 0.717) is 12.3 Å². The topological polar surface area (TPSA) is 64.3 Å². The van der Waals surface area contributed by atoms with Crippen LogP contribution in [0.4, 0.5) is 11.4 Å². The van der Waals surface area contributed by atoms with Crippen molar-refractivity contribution >= 4 is 17.3 Å². The van der Waals surface area contributed by atoms with Crippen LogP contribution < -0.4 is 11.1 Å². The Morgan fingerprint density at radius 2 is 2.29 bits per heavy atom. The Labute approximate surface area is 101 Å². The summed E-state index contributed by atoms with van der Waals surface area (Å²) in [6.45, 7) is 4.54. The summed E-state index contributed by atoms with van der Waals surface area (Å²) in [6.07, 6.45) is 0.796. The van der Waals surface area contributed by atoms with Crippen LogP contribution in [0.2, 0.25) is 0 Å². The summed E-state index contributed by atoms with van der Waals surface area (Å²) in [5, 5.41) is 2.94. The number of nitrogen functional groups attached to an aromatic ring is 1. The minimum Gasteiger partial charge on any atom is -0.399 e. The average Bonchev–Trinajstić information content (AvgIpc) is 2.68. The molecule has 0 aliphatic carbocycles. The number of carbonyl (C=O) groups is 1. The number of benzene rings is 1. The molecule has 1 aliphatic rings. The lowest BCUT2D eigenvalue weighted by atomic mass is 10.0. The molecule has 1 saturated heterocycles. The van der Waals surface area contributed by atoms with Crippen molar-refractivity contribution in [1.29, 1.82) is 0 Å². The van der Waals surface area contributed by atoms with E-state index < -0.39 is 0 Å². The minimum absolute atomic E-state index is 0.00379. The maximum atomic E-state index is 12.0. The van der Waals surface area contributed by atoms with Crippen LogP contribution in [0, 0.1) is 12.8 Å². The lowest BCUT2D eigenvalue weighted by Gasteiger charge is -2.15. The highest BCUT2D eigenvalue weighted by atomic mass is 16.5. The van der Waals surface area contributed by atoms with E-state index >= 15 is 0 Å². The third kappa shape index (κ3) is 2.58. The molecule has 17 heavy (non-hydrogen) atoms. The summed E-state index contributed by atoms with van der Waals surface area (Å²) in [7, 11) is 0. The van der Waals surface area contributed by atoms with Gasteiger partial charge >= 0.3 is 0 Å². The number of rotatable bonds is 2. The van der Waals surface area contributed by atoms with Gasteiger partial charge in [-0.1, -0.05) is 0 Å². The van der Waals surface area contributed by atoms with Crippen LogP contribution in [-0.4, -0.2) is 18.6 Å². The van der Waals surface area contributed by atoms with Gasteiger partial charge in [-0.3, -0.25) is 4.79 Å². The lowest BCUT2D eigenvalue weighted by molar-refractivity contribution is -0.121. The summed E-state index contributed by atoms with van der Waals surface area (Å²) in [6, 6.07) is 5.48. The molecule has 2 atom stereocenters. The monoisotopic (exact) mass is 234 g/mol. The second kappa shape index (κ2) is 4.75. The fraction of sp³-hybridized carbons (Fsp3) is 0.462. The third-order valence-electron chi connectivity index (χ3n) is 3.22. The first-order valence-electron chi connectivity index (χ1n) is 5.86. The van der Waals surface area contributed by atoms with Crippen molar-refractivity contribution in [3.63, 3.8) is 0 Å². The van der Waals surface area contributed by atoms with Gasteiger partial charge in [0.1, 0.15) is 0 Å². The molecular weight excluding hydrogens is 216 g/mol. The van der Waals surface area contributed by atoms with Crippen LogP contribution in [0.1, 0.15) is 18.9 Å². The van der Waals surface area contributed by atoms with Gasteiger partial charge in [-0.25, -0.2) is 0 Å². The number of nitrogens with one attached hydrogen (secondary N) is 1. The van der Waals surface area contributed by atoms with Crippen LogP contribution in [0.25, 0.3) is 0 Å². The Bertz CT molecular complexity index is 431. The Morgan fingerprint density at radius 3 is 2.88 bits per heavy atom. The van der Waals surface area contributed by atoms with Crippen molar-refractivity contribution in [3.05, 3.63) is 23.8 Å². The van der Waals surface area contributed by atoms with E-state index in [1.54, 1.807) is 6.07 Å². The van der Waals surface area contributed by atoms with Gasteiger partial charge in [-0.15, -0.1) is 0 Å². The van der Waals surface area contributed by atoms with Crippen LogP contribution in [0.15, 0.2) is 18.2 Å². The van der Waals surface area contributed by atoms with E-state index in [2.05, 4.69) is 5.32 Å². The van der Waals surface area contributed by atoms with Crippen molar-refractivity contribution < 1.29 is 9.53 Å². The van der Waals surface area contributed by atoms with Crippen LogP contribution >= 0.6 is 0 Å². The van der Waals surface area contributed by atoms with Gasteiger partial charge in [-0.05, 0) is 44.0 Å². The molecule has 4 nitrogen and oxygen atoms in total. The molecule has 0 aromatic heterocycles. The zero-order chi connectivity index (χ0) is 12.4. The highest BCUT2D eigenvalue weighted by Crippen LogP contribution is 2.24. The van der Waals surface area contributed by atoms with Gasteiger partial charge < -0.3 is 15.8 Å². The predicted octanol–water partition coefficient (Wildman–Crippen LogP) is 1.94. The van der Waals surface area contributed by atoms with Crippen molar-refractivity contribution in [2.24, 2.45) is 5.92 Å². The number of amides is 1. The first kappa shape index (κ1) is 11.9. The SMILES string of the molecule is Cc1cc(N)ccc1NC(=O)C1CCOC1C. The number of anilines is 2. The molecule has 2 unspecified atom stereocenters. The molecule has 0 saturated carbocycles. The standard InChI is InChI=1S/C13H18N2O2/c1-8-7-10(14)3-4-12(8)15-13(16)11-5-6-17-9(11)2/h3-4,7,9,11H,5-6,14H2,1-2H3,(H,15,16). The van der Waals surface area contributed by atoms with E-state index in [9.17, 15) is 4.79 Å². The normalized spacial score (nSPS) is 23.6. The summed E-state index contributed by atoms with van der Waals surface area (Å²) in [5.74, 6) is -0.0187. The minimum atomic E-state index is -0.0491. The van der Waals surface area contributed by atoms with Crippen molar-refractivity contribution in [1.82, 2.24) is 0 Å². The van der Waals surface area contributed by atoms with E-state index in [4.69, 9.17) is 10.5 Å². The molecule has 92 valence electrons.